The van der Waals surface area contributed by atoms with Gasteiger partial charge >= 0.3 is 0 Å². The van der Waals surface area contributed by atoms with Crippen LogP contribution in [0.3, 0.4) is 0 Å². The monoisotopic (exact) mass is 392 g/mol. The molecule has 0 spiro atoms. The minimum Gasteiger partial charge on any atom is -0.366 e. The Morgan fingerprint density at radius 1 is 1.11 bits per heavy atom. The van der Waals surface area contributed by atoms with Crippen LogP contribution in [0.1, 0.15) is 10.4 Å². The van der Waals surface area contributed by atoms with Gasteiger partial charge in [0.2, 0.25) is 11.1 Å². The van der Waals surface area contributed by atoms with Crippen LogP contribution in [0.2, 0.25) is 0 Å². The molecule has 0 atom stereocenters. The molecule has 2 heterocycles. The van der Waals surface area contributed by atoms with Gasteiger partial charge in [-0.2, -0.15) is 0 Å². The number of aryl methyl sites for hydroxylation is 1. The molecule has 2 amide bonds. The number of amides is 2. The fourth-order valence-corrected chi connectivity index (χ4v) is 3.56. The number of nitrogens with zero attached hydrogens (tertiary/aromatic N) is 4. The summed E-state index contributed by atoms with van der Waals surface area (Å²) in [5.74, 6) is -0.818. The molecule has 140 valence electrons. The number of rotatable bonds is 5. The minimum absolute atomic E-state index is 0.0736. The van der Waals surface area contributed by atoms with Gasteiger partial charge in [-0.25, -0.2) is 4.98 Å². The van der Waals surface area contributed by atoms with Crippen LogP contribution >= 0.6 is 11.8 Å². The van der Waals surface area contributed by atoms with Gasteiger partial charge in [0.25, 0.3) is 5.91 Å². The standard InChI is InChI=1S/C19H16N6O2S/c1-25-14-9-5-3-7-12(14)16-18(25)22-19(24-23-16)28-10-15(26)21-13-8-4-2-6-11(13)17(20)27/h2-9H,10H2,1H3,(H2,20,27)(H,21,26). The number of carbonyl (C=O) groups is 2. The maximum absolute atomic E-state index is 12.3. The Morgan fingerprint density at radius 3 is 2.68 bits per heavy atom. The van der Waals surface area contributed by atoms with Crippen molar-refractivity contribution in [3.63, 3.8) is 0 Å². The lowest BCUT2D eigenvalue weighted by Crippen LogP contribution is -2.19. The summed E-state index contributed by atoms with van der Waals surface area (Å²) in [5.41, 5.74) is 8.41. The molecular formula is C19H16N6O2S. The molecule has 0 aliphatic heterocycles. The maximum atomic E-state index is 12.3. The molecule has 28 heavy (non-hydrogen) atoms. The van der Waals surface area contributed by atoms with Gasteiger partial charge in [-0.3, -0.25) is 9.59 Å². The first kappa shape index (κ1) is 17.9. The first-order valence-electron chi connectivity index (χ1n) is 8.44. The summed E-state index contributed by atoms with van der Waals surface area (Å²) in [7, 11) is 1.92. The highest BCUT2D eigenvalue weighted by molar-refractivity contribution is 7.99. The van der Waals surface area contributed by atoms with Crippen LogP contribution in [0.25, 0.3) is 22.1 Å². The van der Waals surface area contributed by atoms with Crippen LogP contribution in [0.5, 0.6) is 0 Å². The van der Waals surface area contributed by atoms with Gasteiger partial charge in [0.05, 0.1) is 22.5 Å². The topological polar surface area (TPSA) is 116 Å². The molecule has 0 saturated heterocycles. The number of para-hydroxylation sites is 2. The SMILES string of the molecule is Cn1c2ccccc2c2nnc(SCC(=O)Nc3ccccc3C(N)=O)nc21. The number of benzene rings is 2. The van der Waals surface area contributed by atoms with E-state index in [-0.39, 0.29) is 17.2 Å². The van der Waals surface area contributed by atoms with E-state index in [4.69, 9.17) is 5.73 Å². The van der Waals surface area contributed by atoms with Crippen molar-refractivity contribution in [2.75, 3.05) is 11.1 Å². The molecule has 0 bridgehead atoms. The molecule has 0 saturated carbocycles. The third kappa shape index (κ3) is 3.27. The molecule has 0 aliphatic carbocycles. The van der Waals surface area contributed by atoms with Gasteiger partial charge in [0, 0.05) is 12.4 Å². The molecule has 9 heteroatoms. The number of hydrogen-bond donors (Lipinski definition) is 2. The van der Waals surface area contributed by atoms with Crippen LogP contribution in [-0.4, -0.2) is 37.3 Å². The molecule has 8 nitrogen and oxygen atoms in total. The molecule has 4 aromatic rings. The van der Waals surface area contributed by atoms with Crippen molar-refractivity contribution < 1.29 is 9.59 Å². The Bertz CT molecular complexity index is 1220. The molecule has 0 unspecified atom stereocenters. The summed E-state index contributed by atoms with van der Waals surface area (Å²) in [6, 6.07) is 14.5. The highest BCUT2D eigenvalue weighted by Crippen LogP contribution is 2.26. The van der Waals surface area contributed by atoms with E-state index >= 15 is 0 Å². The summed E-state index contributed by atoms with van der Waals surface area (Å²) < 4.78 is 1.95. The van der Waals surface area contributed by atoms with Crippen molar-refractivity contribution in [1.29, 1.82) is 0 Å². The normalized spacial score (nSPS) is 11.0. The molecular weight excluding hydrogens is 376 g/mol. The zero-order valence-corrected chi connectivity index (χ0v) is 15.7. The van der Waals surface area contributed by atoms with Gasteiger partial charge in [-0.1, -0.05) is 42.1 Å². The second kappa shape index (κ2) is 7.28. The predicted octanol–water partition coefficient (Wildman–Crippen LogP) is 2.35. The highest BCUT2D eigenvalue weighted by atomic mass is 32.2. The van der Waals surface area contributed by atoms with E-state index in [1.807, 2.05) is 35.9 Å². The van der Waals surface area contributed by atoms with E-state index in [9.17, 15) is 9.59 Å². The maximum Gasteiger partial charge on any atom is 0.250 e. The Balaban J connectivity index is 1.51. The number of carbonyl (C=O) groups excluding carboxylic acids is 2. The van der Waals surface area contributed by atoms with Gasteiger partial charge in [-0.15, -0.1) is 10.2 Å². The molecule has 2 aromatic carbocycles. The minimum atomic E-state index is -0.600. The van der Waals surface area contributed by atoms with Gasteiger partial charge in [0.15, 0.2) is 5.65 Å². The number of nitrogens with one attached hydrogen (secondary N) is 1. The van der Waals surface area contributed by atoms with Crippen molar-refractivity contribution in [3.8, 4) is 0 Å². The smallest absolute Gasteiger partial charge is 0.250 e. The fourth-order valence-electron chi connectivity index (χ4n) is 2.98. The molecule has 3 N–H and O–H groups in total. The van der Waals surface area contributed by atoms with Crippen molar-refractivity contribution in [2.24, 2.45) is 12.8 Å². The summed E-state index contributed by atoms with van der Waals surface area (Å²) in [5, 5.41) is 12.5. The third-order valence-corrected chi connectivity index (χ3v) is 5.12. The molecule has 0 aliphatic rings. The Labute approximate surface area is 164 Å². The number of fused-ring (bicyclic) bond motifs is 3. The van der Waals surface area contributed by atoms with Crippen LogP contribution < -0.4 is 11.1 Å². The van der Waals surface area contributed by atoms with Crippen LogP contribution in [0, 0.1) is 0 Å². The first-order valence-corrected chi connectivity index (χ1v) is 9.42. The van der Waals surface area contributed by atoms with Crippen molar-refractivity contribution in [1.82, 2.24) is 19.7 Å². The van der Waals surface area contributed by atoms with Gasteiger partial charge < -0.3 is 15.6 Å². The average Bonchev–Trinajstić information content (AvgIpc) is 2.99. The number of anilines is 1. The Morgan fingerprint density at radius 2 is 1.86 bits per heavy atom. The van der Waals surface area contributed by atoms with Crippen LogP contribution in [0.15, 0.2) is 53.7 Å². The second-order valence-corrected chi connectivity index (χ2v) is 7.03. The zero-order chi connectivity index (χ0) is 19.7. The summed E-state index contributed by atoms with van der Waals surface area (Å²) in [6.07, 6.45) is 0. The number of nitrogens with two attached hydrogens (primary N) is 1. The van der Waals surface area contributed by atoms with Crippen LogP contribution in [-0.2, 0) is 11.8 Å². The van der Waals surface area contributed by atoms with Crippen molar-refractivity contribution >= 4 is 51.3 Å². The number of primary amides is 1. The lowest BCUT2D eigenvalue weighted by Gasteiger charge is -2.08. The molecule has 0 fully saturated rings. The highest BCUT2D eigenvalue weighted by Gasteiger charge is 2.14. The molecule has 4 rings (SSSR count). The second-order valence-electron chi connectivity index (χ2n) is 6.09. The Hall–Kier alpha value is -3.46. The zero-order valence-electron chi connectivity index (χ0n) is 14.9. The predicted molar refractivity (Wildman–Crippen MR) is 108 cm³/mol. The third-order valence-electron chi connectivity index (χ3n) is 4.29. The first-order chi connectivity index (χ1) is 13.5. The molecule has 0 radical (unpaired) electrons. The van der Waals surface area contributed by atoms with Gasteiger partial charge in [0.1, 0.15) is 5.52 Å². The summed E-state index contributed by atoms with van der Waals surface area (Å²) in [4.78, 5) is 28.2. The van der Waals surface area contributed by atoms with E-state index < -0.39 is 5.91 Å². The number of thioether (sulfide) groups is 1. The van der Waals surface area contributed by atoms with E-state index in [0.29, 0.717) is 16.5 Å². The summed E-state index contributed by atoms with van der Waals surface area (Å²) >= 11 is 1.17. The average molecular weight is 392 g/mol. The van der Waals surface area contributed by atoms with E-state index in [2.05, 4.69) is 20.5 Å². The molecule has 2 aromatic heterocycles. The summed E-state index contributed by atoms with van der Waals surface area (Å²) in [6.45, 7) is 0. The van der Waals surface area contributed by atoms with E-state index in [1.54, 1.807) is 24.3 Å². The van der Waals surface area contributed by atoms with Crippen molar-refractivity contribution in [3.05, 3.63) is 54.1 Å². The van der Waals surface area contributed by atoms with Gasteiger partial charge in [-0.05, 0) is 18.2 Å². The fraction of sp³-hybridized carbons (Fsp3) is 0.105. The number of hydrogen-bond acceptors (Lipinski definition) is 6. The van der Waals surface area contributed by atoms with E-state index in [0.717, 1.165) is 16.4 Å². The largest absolute Gasteiger partial charge is 0.366 e. The van der Waals surface area contributed by atoms with E-state index in [1.165, 1.54) is 11.8 Å². The quantitative estimate of drug-likeness (QED) is 0.504. The van der Waals surface area contributed by atoms with Crippen molar-refractivity contribution in [2.45, 2.75) is 5.16 Å². The lowest BCUT2D eigenvalue weighted by molar-refractivity contribution is -0.113. The van der Waals surface area contributed by atoms with Crippen LogP contribution in [0.4, 0.5) is 5.69 Å². The Kier molecular flexibility index (Phi) is 4.66. The lowest BCUT2D eigenvalue weighted by atomic mass is 10.1. The number of aromatic nitrogens is 4.